The Morgan fingerprint density at radius 2 is 2.00 bits per heavy atom. The van der Waals surface area contributed by atoms with E-state index < -0.39 is 6.09 Å². The molecule has 0 aliphatic heterocycles. The molecule has 1 rings (SSSR count). The van der Waals surface area contributed by atoms with Crippen LogP contribution in [0.25, 0.3) is 0 Å². The van der Waals surface area contributed by atoms with Crippen molar-refractivity contribution in [3.8, 4) is 0 Å². The molecule has 0 unspecified atom stereocenters. The summed E-state index contributed by atoms with van der Waals surface area (Å²) in [6.45, 7) is 1.87. The minimum atomic E-state index is -0.434. The number of ether oxygens (including phenoxy) is 1. The van der Waals surface area contributed by atoms with Gasteiger partial charge in [-0.3, -0.25) is 4.79 Å². The van der Waals surface area contributed by atoms with Crippen LogP contribution in [0.2, 0.25) is 0 Å². The first-order valence-corrected chi connectivity index (χ1v) is 5.56. The summed E-state index contributed by atoms with van der Waals surface area (Å²) in [4.78, 5) is 22.7. The van der Waals surface area contributed by atoms with Gasteiger partial charge in [-0.1, -0.05) is 19.8 Å². The lowest BCUT2D eigenvalue weighted by atomic mass is 9.81. The van der Waals surface area contributed by atoms with E-state index >= 15 is 0 Å². The number of methoxy groups -OCH3 is 1. The predicted octanol–water partition coefficient (Wildman–Crippen LogP) is 1.88. The number of rotatable bonds is 3. The first-order chi connectivity index (χ1) is 7.19. The van der Waals surface area contributed by atoms with Gasteiger partial charge in [-0.05, 0) is 12.8 Å². The minimum absolute atomic E-state index is 0.0112. The molecule has 1 amide bonds. The smallest absolute Gasteiger partial charge is 0.407 e. The molecule has 0 aromatic carbocycles. The molecule has 0 aromatic heterocycles. The zero-order valence-corrected chi connectivity index (χ0v) is 9.41. The van der Waals surface area contributed by atoms with Crippen molar-refractivity contribution in [2.45, 2.75) is 45.1 Å². The Bertz CT molecular complexity index is 240. The Kier molecular flexibility index (Phi) is 4.59. The fraction of sp³-hybridized carbons (Fsp3) is 0.818. The van der Waals surface area contributed by atoms with E-state index in [0.29, 0.717) is 6.42 Å². The molecular weight excluding hydrogens is 194 g/mol. The molecule has 0 spiro atoms. The van der Waals surface area contributed by atoms with E-state index in [0.717, 1.165) is 25.7 Å². The molecule has 1 saturated carbocycles. The fourth-order valence-electron chi connectivity index (χ4n) is 2.16. The van der Waals surface area contributed by atoms with Gasteiger partial charge >= 0.3 is 6.09 Å². The highest BCUT2D eigenvalue weighted by Gasteiger charge is 2.30. The van der Waals surface area contributed by atoms with Gasteiger partial charge in [-0.15, -0.1) is 0 Å². The monoisotopic (exact) mass is 213 g/mol. The number of hydrogen-bond donors (Lipinski definition) is 1. The summed E-state index contributed by atoms with van der Waals surface area (Å²) < 4.78 is 4.55. The lowest BCUT2D eigenvalue weighted by molar-refractivity contribution is -0.124. The van der Waals surface area contributed by atoms with E-state index in [-0.39, 0.29) is 17.7 Å². The largest absolute Gasteiger partial charge is 0.453 e. The summed E-state index contributed by atoms with van der Waals surface area (Å²) in [5.74, 6) is 0.235. The Morgan fingerprint density at radius 3 is 2.60 bits per heavy atom. The minimum Gasteiger partial charge on any atom is -0.453 e. The Labute approximate surface area is 90.4 Å². The summed E-state index contributed by atoms with van der Waals surface area (Å²) in [5.41, 5.74) is 0. The first-order valence-electron chi connectivity index (χ1n) is 5.56. The molecule has 4 nitrogen and oxygen atoms in total. The summed E-state index contributed by atoms with van der Waals surface area (Å²) in [6, 6.07) is -0.0290. The van der Waals surface area contributed by atoms with Crippen molar-refractivity contribution in [2.24, 2.45) is 5.92 Å². The third-order valence-electron chi connectivity index (χ3n) is 3.02. The lowest BCUT2D eigenvalue weighted by Crippen LogP contribution is -2.44. The van der Waals surface area contributed by atoms with Crippen LogP contribution in [0.15, 0.2) is 0 Å². The maximum absolute atomic E-state index is 11.7. The molecule has 1 N–H and O–H groups in total. The molecule has 0 bridgehead atoms. The van der Waals surface area contributed by atoms with E-state index in [9.17, 15) is 9.59 Å². The number of carbonyl (C=O) groups excluding carboxylic acids is 2. The maximum Gasteiger partial charge on any atom is 0.407 e. The van der Waals surface area contributed by atoms with Gasteiger partial charge in [0.05, 0.1) is 7.11 Å². The third kappa shape index (κ3) is 3.22. The van der Waals surface area contributed by atoms with Crippen LogP contribution in [-0.2, 0) is 9.53 Å². The fourth-order valence-corrected chi connectivity index (χ4v) is 2.16. The number of carbonyl (C=O) groups is 2. The van der Waals surface area contributed by atoms with Gasteiger partial charge in [0.15, 0.2) is 0 Å². The van der Waals surface area contributed by atoms with Crippen LogP contribution < -0.4 is 5.32 Å². The summed E-state index contributed by atoms with van der Waals surface area (Å²) in [7, 11) is 1.34. The van der Waals surface area contributed by atoms with Crippen molar-refractivity contribution in [1.82, 2.24) is 5.32 Å². The van der Waals surface area contributed by atoms with Gasteiger partial charge in [-0.25, -0.2) is 4.79 Å². The van der Waals surface area contributed by atoms with Gasteiger partial charge in [0, 0.05) is 18.4 Å². The first kappa shape index (κ1) is 12.0. The van der Waals surface area contributed by atoms with Crippen molar-refractivity contribution >= 4 is 11.9 Å². The molecular formula is C11H19NO3. The molecule has 0 saturated heterocycles. The highest BCUT2D eigenvalue weighted by Crippen LogP contribution is 2.26. The second-order valence-corrected chi connectivity index (χ2v) is 3.95. The number of hydrogen-bond acceptors (Lipinski definition) is 3. The van der Waals surface area contributed by atoms with Gasteiger partial charge in [0.2, 0.25) is 0 Å². The molecule has 4 heteroatoms. The average Bonchev–Trinajstić information content (AvgIpc) is 2.28. The maximum atomic E-state index is 11.7. The molecule has 15 heavy (non-hydrogen) atoms. The van der Waals surface area contributed by atoms with Gasteiger partial charge in [0.25, 0.3) is 0 Å². The molecule has 1 aliphatic carbocycles. The number of nitrogens with one attached hydrogen (secondary N) is 1. The molecule has 1 aliphatic rings. The zero-order chi connectivity index (χ0) is 11.3. The average molecular weight is 213 g/mol. The van der Waals surface area contributed by atoms with E-state index in [2.05, 4.69) is 10.1 Å². The molecule has 1 fully saturated rings. The van der Waals surface area contributed by atoms with Crippen LogP contribution in [0, 0.1) is 5.92 Å². The standard InChI is InChI=1S/C11H19NO3/c1-3-10(13)8-6-4-5-7-9(8)12-11(14)15-2/h8-9H,3-7H2,1-2H3,(H,12,14)/t8-,9+/m0/s1. The normalized spacial score (nSPS) is 25.7. The van der Waals surface area contributed by atoms with Crippen LogP contribution in [0.3, 0.4) is 0 Å². The van der Waals surface area contributed by atoms with Crippen LogP contribution in [0.4, 0.5) is 4.79 Å². The molecule has 0 radical (unpaired) electrons. The van der Waals surface area contributed by atoms with Crippen molar-refractivity contribution in [2.75, 3.05) is 7.11 Å². The van der Waals surface area contributed by atoms with Crippen molar-refractivity contribution in [3.05, 3.63) is 0 Å². The van der Waals surface area contributed by atoms with E-state index in [1.165, 1.54) is 7.11 Å². The van der Waals surface area contributed by atoms with Crippen LogP contribution in [0.1, 0.15) is 39.0 Å². The SMILES string of the molecule is CCC(=O)[C@H]1CCCC[C@H]1NC(=O)OC. The van der Waals surface area contributed by atoms with Crippen molar-refractivity contribution in [1.29, 1.82) is 0 Å². The van der Waals surface area contributed by atoms with Crippen molar-refractivity contribution in [3.63, 3.8) is 0 Å². The van der Waals surface area contributed by atoms with Crippen LogP contribution in [-0.4, -0.2) is 25.0 Å². The quantitative estimate of drug-likeness (QED) is 0.778. The summed E-state index contributed by atoms with van der Waals surface area (Å²) in [6.07, 6.45) is 4.03. The Balaban J connectivity index is 2.57. The van der Waals surface area contributed by atoms with Gasteiger partial charge in [0.1, 0.15) is 5.78 Å². The number of alkyl carbamates (subject to hydrolysis) is 1. The Morgan fingerprint density at radius 1 is 1.33 bits per heavy atom. The second-order valence-electron chi connectivity index (χ2n) is 3.95. The van der Waals surface area contributed by atoms with Crippen molar-refractivity contribution < 1.29 is 14.3 Å². The molecule has 0 heterocycles. The third-order valence-corrected chi connectivity index (χ3v) is 3.02. The van der Waals surface area contributed by atoms with E-state index in [1.807, 2.05) is 6.92 Å². The zero-order valence-electron chi connectivity index (χ0n) is 9.41. The summed E-state index contributed by atoms with van der Waals surface area (Å²) in [5, 5.41) is 2.75. The predicted molar refractivity (Wildman–Crippen MR) is 56.6 cm³/mol. The Hall–Kier alpha value is -1.06. The van der Waals surface area contributed by atoms with E-state index in [1.54, 1.807) is 0 Å². The highest BCUT2D eigenvalue weighted by atomic mass is 16.5. The second kappa shape index (κ2) is 5.73. The number of amides is 1. The number of ketones is 1. The summed E-state index contributed by atoms with van der Waals surface area (Å²) >= 11 is 0. The molecule has 2 atom stereocenters. The van der Waals surface area contributed by atoms with Gasteiger partial charge < -0.3 is 10.1 Å². The van der Waals surface area contributed by atoms with Gasteiger partial charge in [-0.2, -0.15) is 0 Å². The topological polar surface area (TPSA) is 55.4 Å². The number of Topliss-reactive ketones (excluding diaryl/α,β-unsaturated/α-hetero) is 1. The lowest BCUT2D eigenvalue weighted by Gasteiger charge is -2.30. The van der Waals surface area contributed by atoms with E-state index in [4.69, 9.17) is 0 Å². The molecule has 86 valence electrons. The molecule has 0 aromatic rings. The highest BCUT2D eigenvalue weighted by molar-refractivity contribution is 5.82. The van der Waals surface area contributed by atoms with Crippen LogP contribution >= 0.6 is 0 Å². The van der Waals surface area contributed by atoms with Crippen LogP contribution in [0.5, 0.6) is 0 Å².